The Bertz CT molecular complexity index is 948. The molecule has 0 bridgehead atoms. The Kier molecular flexibility index (Phi) is 6.09. The molecule has 2 aromatic rings. The van der Waals surface area contributed by atoms with Crippen LogP contribution in [0.15, 0.2) is 54.6 Å². The van der Waals surface area contributed by atoms with Crippen molar-refractivity contribution in [1.82, 2.24) is 5.32 Å². The predicted molar refractivity (Wildman–Crippen MR) is 114 cm³/mol. The van der Waals surface area contributed by atoms with Crippen molar-refractivity contribution in [2.24, 2.45) is 0 Å². The first-order valence-corrected chi connectivity index (χ1v) is 9.87. The van der Waals surface area contributed by atoms with Crippen molar-refractivity contribution >= 4 is 34.8 Å². The number of nitrogens with one attached hydrogen (secondary N) is 3. The van der Waals surface area contributed by atoms with Crippen molar-refractivity contribution in [3.8, 4) is 6.07 Å². The summed E-state index contributed by atoms with van der Waals surface area (Å²) in [6.07, 6.45) is -1.68. The van der Waals surface area contributed by atoms with Gasteiger partial charge < -0.3 is 24.8 Å². The second-order valence-corrected chi connectivity index (χ2v) is 7.33. The molecule has 2 fully saturated rings. The number of hydrogen-bond acceptors (Lipinski definition) is 6. The van der Waals surface area contributed by atoms with Crippen molar-refractivity contribution in [3.05, 3.63) is 60.2 Å². The fourth-order valence-corrected chi connectivity index (χ4v) is 3.73. The molecule has 0 radical (unpaired) electrons. The van der Waals surface area contributed by atoms with E-state index in [9.17, 15) is 4.79 Å². The molecular formula is C21H20N4O4S. The molecule has 2 saturated heterocycles. The fraction of sp³-hybridized carbons (Fsp3) is 0.286. The molecule has 0 aliphatic carbocycles. The summed E-state index contributed by atoms with van der Waals surface area (Å²) in [5.41, 5.74) is 2.00. The highest BCUT2D eigenvalue weighted by molar-refractivity contribution is 7.80. The maximum absolute atomic E-state index is 12.2. The summed E-state index contributed by atoms with van der Waals surface area (Å²) in [7, 11) is 0. The van der Waals surface area contributed by atoms with Crippen LogP contribution in [0.3, 0.4) is 0 Å². The van der Waals surface area contributed by atoms with E-state index in [2.05, 4.69) is 22.0 Å². The Hall–Kier alpha value is -3.19. The Labute approximate surface area is 179 Å². The summed E-state index contributed by atoms with van der Waals surface area (Å²) in [4.78, 5) is 12.2. The minimum Gasteiger partial charge on any atom is -0.441 e. The first kappa shape index (κ1) is 20.1. The van der Waals surface area contributed by atoms with E-state index < -0.39 is 12.2 Å². The van der Waals surface area contributed by atoms with Crippen LogP contribution in [0.25, 0.3) is 0 Å². The van der Waals surface area contributed by atoms with Gasteiger partial charge in [-0.15, -0.1) is 0 Å². The van der Waals surface area contributed by atoms with Gasteiger partial charge in [0.1, 0.15) is 12.2 Å². The molecule has 0 unspecified atom stereocenters. The predicted octanol–water partition coefficient (Wildman–Crippen LogP) is 2.63. The van der Waals surface area contributed by atoms with Gasteiger partial charge in [0.2, 0.25) is 0 Å². The minimum absolute atomic E-state index is 0.167. The van der Waals surface area contributed by atoms with Gasteiger partial charge in [-0.2, -0.15) is 5.26 Å². The Morgan fingerprint density at radius 3 is 2.43 bits per heavy atom. The molecular weight excluding hydrogens is 404 g/mol. The van der Waals surface area contributed by atoms with Gasteiger partial charge in [0.05, 0.1) is 30.9 Å². The number of nitriles is 1. The maximum Gasteiger partial charge on any atom is 0.412 e. The zero-order valence-corrected chi connectivity index (χ0v) is 16.7. The first-order valence-electron chi connectivity index (χ1n) is 9.46. The van der Waals surface area contributed by atoms with Gasteiger partial charge in [-0.25, -0.2) is 4.79 Å². The van der Waals surface area contributed by atoms with E-state index in [0.717, 1.165) is 5.69 Å². The van der Waals surface area contributed by atoms with Crippen molar-refractivity contribution in [2.45, 2.75) is 24.4 Å². The lowest BCUT2D eigenvalue weighted by atomic mass is 10.1. The zero-order valence-electron chi connectivity index (χ0n) is 15.9. The summed E-state index contributed by atoms with van der Waals surface area (Å²) >= 11 is 5.37. The van der Waals surface area contributed by atoms with Gasteiger partial charge in [0, 0.05) is 11.4 Å². The number of fused-ring (bicyclic) bond motifs is 1. The molecule has 3 N–H and O–H groups in total. The molecule has 2 aromatic carbocycles. The van der Waals surface area contributed by atoms with Crippen LogP contribution in [-0.4, -0.2) is 48.8 Å². The third-order valence-electron chi connectivity index (χ3n) is 4.87. The first-order chi connectivity index (χ1) is 14.6. The van der Waals surface area contributed by atoms with E-state index in [1.165, 1.54) is 0 Å². The average Bonchev–Trinajstić information content (AvgIpc) is 3.33. The summed E-state index contributed by atoms with van der Waals surface area (Å²) in [6, 6.07) is 18.0. The lowest BCUT2D eigenvalue weighted by Crippen LogP contribution is -2.46. The number of carbonyl (C=O) groups excluding carboxylic acids is 1. The molecule has 4 atom stereocenters. The normalized spacial score (nSPS) is 24.4. The largest absolute Gasteiger partial charge is 0.441 e. The van der Waals surface area contributed by atoms with Crippen LogP contribution < -0.4 is 16.0 Å². The smallest absolute Gasteiger partial charge is 0.412 e. The van der Waals surface area contributed by atoms with Crippen LogP contribution in [0.4, 0.5) is 16.2 Å². The van der Waals surface area contributed by atoms with E-state index in [4.69, 9.17) is 31.7 Å². The molecule has 0 spiro atoms. The quantitative estimate of drug-likeness (QED) is 0.644. The number of nitrogens with zero attached hydrogens (tertiary/aromatic N) is 1. The molecule has 4 rings (SSSR count). The van der Waals surface area contributed by atoms with Crippen molar-refractivity contribution < 1.29 is 19.0 Å². The van der Waals surface area contributed by atoms with Crippen molar-refractivity contribution in [2.75, 3.05) is 23.8 Å². The Morgan fingerprint density at radius 2 is 1.70 bits per heavy atom. The molecule has 2 aliphatic rings. The minimum atomic E-state index is -0.548. The topological polar surface area (TPSA) is 105 Å². The number of para-hydroxylation sites is 1. The second-order valence-electron chi connectivity index (χ2n) is 6.92. The molecule has 2 aliphatic heterocycles. The van der Waals surface area contributed by atoms with E-state index in [-0.39, 0.29) is 24.9 Å². The summed E-state index contributed by atoms with van der Waals surface area (Å²) in [5.74, 6) is 0. The van der Waals surface area contributed by atoms with Crippen molar-refractivity contribution in [3.63, 3.8) is 0 Å². The molecule has 2 heterocycles. The number of ether oxygens (including phenoxy) is 3. The van der Waals surface area contributed by atoms with Gasteiger partial charge in [0.15, 0.2) is 11.2 Å². The molecule has 8 nitrogen and oxygen atoms in total. The monoisotopic (exact) mass is 424 g/mol. The van der Waals surface area contributed by atoms with Gasteiger partial charge in [0.25, 0.3) is 0 Å². The van der Waals surface area contributed by atoms with Crippen molar-refractivity contribution in [1.29, 1.82) is 5.26 Å². The molecule has 30 heavy (non-hydrogen) atoms. The lowest BCUT2D eigenvalue weighted by Gasteiger charge is -2.20. The number of carbonyl (C=O) groups is 1. The number of thiocarbonyl (C=S) groups is 1. The molecule has 1 amide bonds. The average molecular weight is 424 g/mol. The third kappa shape index (κ3) is 4.68. The van der Waals surface area contributed by atoms with Crippen LogP contribution >= 0.6 is 12.2 Å². The summed E-state index contributed by atoms with van der Waals surface area (Å²) in [6.45, 7) is 0.635. The highest BCUT2D eigenvalue weighted by Gasteiger charge is 2.49. The van der Waals surface area contributed by atoms with Crippen LogP contribution in [0.5, 0.6) is 0 Å². The Balaban J connectivity index is 1.27. The molecule has 0 aromatic heterocycles. The summed E-state index contributed by atoms with van der Waals surface area (Å²) in [5, 5.41) is 18.2. The number of anilines is 2. The fourth-order valence-electron chi connectivity index (χ4n) is 3.46. The number of amides is 1. The van der Waals surface area contributed by atoms with Gasteiger partial charge in [-0.05, 0) is 48.6 Å². The van der Waals surface area contributed by atoms with Crippen LogP contribution in [0, 0.1) is 11.3 Å². The highest BCUT2D eigenvalue weighted by atomic mass is 32.1. The van der Waals surface area contributed by atoms with Crippen LogP contribution in [-0.2, 0) is 14.2 Å². The molecule has 0 saturated carbocycles. The molecule has 9 heteroatoms. The SMILES string of the molecule is N#Cc1ccc(NC(=S)N[C@H]2CO[C@H]3[C@H]2OC[C@@H]3OC(=O)Nc2ccccc2)cc1. The van der Waals surface area contributed by atoms with Crippen LogP contribution in [0.1, 0.15) is 5.56 Å². The standard InChI is InChI=1S/C21H20N4O4S/c22-10-13-6-8-15(9-7-13)23-20(30)25-16-11-27-19-17(12-28-18(16)19)29-21(26)24-14-4-2-1-3-5-14/h1-9,16-19H,11-12H2,(H,24,26)(H2,23,25,30)/t16-,17-,18-,19+/m0/s1. The van der Waals surface area contributed by atoms with E-state index in [0.29, 0.717) is 23.0 Å². The lowest BCUT2D eigenvalue weighted by molar-refractivity contribution is 0.00880. The van der Waals surface area contributed by atoms with Gasteiger partial charge >= 0.3 is 6.09 Å². The van der Waals surface area contributed by atoms with Gasteiger partial charge in [-0.3, -0.25) is 5.32 Å². The third-order valence-corrected chi connectivity index (χ3v) is 5.09. The van der Waals surface area contributed by atoms with Crippen LogP contribution in [0.2, 0.25) is 0 Å². The highest BCUT2D eigenvalue weighted by Crippen LogP contribution is 2.29. The van der Waals surface area contributed by atoms with E-state index in [1.807, 2.05) is 18.2 Å². The van der Waals surface area contributed by atoms with E-state index >= 15 is 0 Å². The second kappa shape index (κ2) is 9.09. The van der Waals surface area contributed by atoms with E-state index in [1.54, 1.807) is 36.4 Å². The zero-order chi connectivity index (χ0) is 20.9. The Morgan fingerprint density at radius 1 is 1.00 bits per heavy atom. The number of hydrogen-bond donors (Lipinski definition) is 3. The number of rotatable bonds is 4. The molecule has 154 valence electrons. The maximum atomic E-state index is 12.2. The number of benzene rings is 2. The van der Waals surface area contributed by atoms with Gasteiger partial charge in [-0.1, -0.05) is 18.2 Å². The summed E-state index contributed by atoms with van der Waals surface area (Å²) < 4.78 is 17.1.